The monoisotopic (exact) mass is 506 g/mol. The molecule has 0 spiro atoms. The summed E-state index contributed by atoms with van der Waals surface area (Å²) in [5.74, 6) is -0.125. The number of alkyl halides is 3. The van der Waals surface area contributed by atoms with E-state index in [1.807, 2.05) is 38.1 Å². The zero-order chi connectivity index (χ0) is 24.9. The Labute approximate surface area is 204 Å². The molecule has 2 aromatic carbocycles. The number of carbonyl (C=O) groups is 1. The number of benzene rings is 2. The van der Waals surface area contributed by atoms with Crippen LogP contribution in [0.4, 0.5) is 18.9 Å². The Morgan fingerprint density at radius 3 is 2.53 bits per heavy atom. The smallest absolute Gasteiger partial charge is 0.416 e. The fourth-order valence-electron chi connectivity index (χ4n) is 3.26. The van der Waals surface area contributed by atoms with E-state index in [-0.39, 0.29) is 6.42 Å². The average molecular weight is 507 g/mol. The summed E-state index contributed by atoms with van der Waals surface area (Å²) in [6.07, 6.45) is -0.960. The number of allylic oxidation sites excluding steroid dienone is 1. The van der Waals surface area contributed by atoms with Gasteiger partial charge < -0.3 is 10.8 Å². The lowest BCUT2D eigenvalue weighted by molar-refractivity contribution is -0.138. The summed E-state index contributed by atoms with van der Waals surface area (Å²) in [6.45, 7) is 3.86. The summed E-state index contributed by atoms with van der Waals surface area (Å²) < 4.78 is 38.4. The summed E-state index contributed by atoms with van der Waals surface area (Å²) in [5, 5.41) is 9.48. The molecule has 34 heavy (non-hydrogen) atoms. The molecule has 3 aromatic rings. The maximum Gasteiger partial charge on any atom is 0.416 e. The minimum absolute atomic E-state index is 0.138. The second-order valence-electron chi connectivity index (χ2n) is 7.92. The first-order valence-electron chi connectivity index (χ1n) is 10.6. The van der Waals surface area contributed by atoms with E-state index < -0.39 is 17.7 Å². The molecule has 1 heterocycles. The van der Waals surface area contributed by atoms with Crippen LogP contribution in [0.25, 0.3) is 16.6 Å². The number of anilines is 1. The third-order valence-corrected chi connectivity index (χ3v) is 7.55. The number of nitrogens with zero attached hydrogens (tertiary/aromatic N) is 1. The Hall–Kier alpha value is -2.78. The fraction of sp³-hybridized carbons (Fsp3) is 0.280. The van der Waals surface area contributed by atoms with Gasteiger partial charge >= 0.3 is 12.1 Å². The lowest BCUT2D eigenvalue weighted by atomic mass is 10.1. The largest absolute Gasteiger partial charge is 0.481 e. The second kappa shape index (κ2) is 11.1. The van der Waals surface area contributed by atoms with E-state index in [0.717, 1.165) is 38.7 Å². The Morgan fingerprint density at radius 2 is 1.88 bits per heavy atom. The molecule has 0 saturated heterocycles. The topological polar surface area (TPSA) is 76.2 Å². The number of nitrogens with two attached hydrogens (primary N) is 1. The normalized spacial score (nSPS) is 12.2. The number of halogens is 3. The number of hydrogen-bond acceptors (Lipinski definition) is 5. The van der Waals surface area contributed by atoms with Crippen LogP contribution in [0.2, 0.25) is 0 Å². The molecule has 1 aromatic heterocycles. The molecule has 0 atom stereocenters. The van der Waals surface area contributed by atoms with Crippen molar-refractivity contribution in [2.45, 2.75) is 49.9 Å². The van der Waals surface area contributed by atoms with Gasteiger partial charge in [-0.1, -0.05) is 23.8 Å². The Balaban J connectivity index is 1.68. The average Bonchev–Trinajstić information content (AvgIpc) is 3.14. The van der Waals surface area contributed by atoms with E-state index in [4.69, 9.17) is 10.8 Å². The lowest BCUT2D eigenvalue weighted by Crippen LogP contribution is -2.03. The molecule has 0 aliphatic carbocycles. The number of aryl methyl sites for hydroxylation is 1. The molecular formula is C25H25F3N2O2S2. The van der Waals surface area contributed by atoms with Gasteiger partial charge in [-0.05, 0) is 62.6 Å². The van der Waals surface area contributed by atoms with Gasteiger partial charge in [-0.3, -0.25) is 4.79 Å². The third kappa shape index (κ3) is 7.11. The van der Waals surface area contributed by atoms with Gasteiger partial charge in [0.15, 0.2) is 0 Å². The van der Waals surface area contributed by atoms with Gasteiger partial charge in [0.2, 0.25) is 0 Å². The van der Waals surface area contributed by atoms with Gasteiger partial charge in [-0.15, -0.1) is 23.1 Å². The van der Waals surface area contributed by atoms with Crippen LogP contribution in [0.5, 0.6) is 0 Å². The van der Waals surface area contributed by atoms with Gasteiger partial charge in [0.1, 0.15) is 5.01 Å². The first kappa shape index (κ1) is 25.8. The maximum absolute atomic E-state index is 12.8. The van der Waals surface area contributed by atoms with Crippen molar-refractivity contribution in [3.63, 3.8) is 0 Å². The van der Waals surface area contributed by atoms with Gasteiger partial charge in [-0.2, -0.15) is 13.2 Å². The number of aromatic nitrogens is 1. The summed E-state index contributed by atoms with van der Waals surface area (Å²) in [6, 6.07) is 10.9. The van der Waals surface area contributed by atoms with Crippen molar-refractivity contribution < 1.29 is 23.1 Å². The van der Waals surface area contributed by atoms with Crippen molar-refractivity contribution in [2.24, 2.45) is 0 Å². The first-order valence-corrected chi connectivity index (χ1v) is 12.4. The number of nitrogen functional groups attached to an aromatic ring is 1. The van der Waals surface area contributed by atoms with Crippen LogP contribution in [0.1, 0.15) is 47.9 Å². The Morgan fingerprint density at radius 1 is 1.18 bits per heavy atom. The van der Waals surface area contributed by atoms with Gasteiger partial charge in [0.05, 0.1) is 11.3 Å². The molecule has 180 valence electrons. The van der Waals surface area contributed by atoms with Crippen LogP contribution in [-0.4, -0.2) is 16.1 Å². The number of carboxylic acid groups (broad SMARTS) is 1. The van der Waals surface area contributed by atoms with Crippen molar-refractivity contribution in [3.8, 4) is 10.6 Å². The highest BCUT2D eigenvalue weighted by Gasteiger charge is 2.30. The van der Waals surface area contributed by atoms with Crippen LogP contribution in [-0.2, 0) is 16.7 Å². The molecule has 0 bridgehead atoms. The van der Waals surface area contributed by atoms with E-state index in [2.05, 4.69) is 4.98 Å². The predicted octanol–water partition coefficient (Wildman–Crippen LogP) is 7.67. The molecule has 0 unspecified atom stereocenters. The van der Waals surface area contributed by atoms with Crippen LogP contribution >= 0.6 is 23.1 Å². The number of rotatable bonds is 9. The highest BCUT2D eigenvalue weighted by molar-refractivity contribution is 7.98. The van der Waals surface area contributed by atoms with Gasteiger partial charge in [0, 0.05) is 33.2 Å². The highest BCUT2D eigenvalue weighted by Crippen LogP contribution is 2.35. The predicted molar refractivity (Wildman–Crippen MR) is 133 cm³/mol. The molecule has 9 heteroatoms. The minimum atomic E-state index is -4.36. The zero-order valence-electron chi connectivity index (χ0n) is 18.8. The highest BCUT2D eigenvalue weighted by atomic mass is 32.2. The Kier molecular flexibility index (Phi) is 8.43. The van der Waals surface area contributed by atoms with Crippen LogP contribution < -0.4 is 5.73 Å². The van der Waals surface area contributed by atoms with Crippen LogP contribution in [0.15, 0.2) is 52.9 Å². The number of carboxylic acids is 1. The third-order valence-electron chi connectivity index (χ3n) is 5.14. The molecule has 0 aliphatic heterocycles. The first-order chi connectivity index (χ1) is 16.0. The number of hydrogen-bond donors (Lipinski definition) is 2. The molecule has 3 rings (SSSR count). The lowest BCUT2D eigenvalue weighted by Gasteiger charge is -2.07. The zero-order valence-corrected chi connectivity index (χ0v) is 20.4. The molecule has 0 saturated carbocycles. The molecule has 0 aliphatic rings. The van der Waals surface area contributed by atoms with E-state index in [0.29, 0.717) is 34.9 Å². The molecule has 4 nitrogen and oxygen atoms in total. The van der Waals surface area contributed by atoms with Gasteiger partial charge in [-0.25, -0.2) is 4.98 Å². The standard InChI is InChI=1S/C25H25F3N2O2S2/c1-15(4-3-5-23(31)32)12-18-13-20(10-11-21(18)29)33-14-22-16(2)30-24(34-22)17-6-8-19(9-7-17)25(26,27)28/h6-13H,3-5,14,29H2,1-2H3,(H,31,32)/b15-12-. The quantitative estimate of drug-likeness (QED) is 0.230. The van der Waals surface area contributed by atoms with Gasteiger partial charge in [0.25, 0.3) is 0 Å². The van der Waals surface area contributed by atoms with E-state index in [1.165, 1.54) is 23.5 Å². The summed E-state index contributed by atoms with van der Waals surface area (Å²) in [7, 11) is 0. The summed E-state index contributed by atoms with van der Waals surface area (Å²) in [4.78, 5) is 17.3. The van der Waals surface area contributed by atoms with Crippen molar-refractivity contribution >= 4 is 40.8 Å². The van der Waals surface area contributed by atoms with E-state index >= 15 is 0 Å². The maximum atomic E-state index is 12.8. The fourth-order valence-corrected chi connectivity index (χ4v) is 5.42. The minimum Gasteiger partial charge on any atom is -0.481 e. The van der Waals surface area contributed by atoms with E-state index in [9.17, 15) is 18.0 Å². The van der Waals surface area contributed by atoms with Crippen LogP contribution in [0.3, 0.4) is 0 Å². The molecule has 0 fully saturated rings. The Bertz CT molecular complexity index is 1190. The van der Waals surface area contributed by atoms with Crippen LogP contribution in [0, 0.1) is 6.92 Å². The number of thioether (sulfide) groups is 1. The number of thiazole rings is 1. The summed E-state index contributed by atoms with van der Waals surface area (Å²) >= 11 is 3.11. The van der Waals surface area contributed by atoms with Crippen molar-refractivity contribution in [1.82, 2.24) is 4.98 Å². The molecule has 0 amide bonds. The molecule has 0 radical (unpaired) electrons. The summed E-state index contributed by atoms with van der Waals surface area (Å²) in [5.41, 5.74) is 9.58. The van der Waals surface area contributed by atoms with E-state index in [1.54, 1.807) is 11.8 Å². The van der Waals surface area contributed by atoms with Crippen molar-refractivity contribution in [1.29, 1.82) is 0 Å². The SMILES string of the molecule is C/C(=C/c1cc(SCc2sc(-c3ccc(C(F)(F)F)cc3)nc2C)ccc1N)CCCC(=O)O. The van der Waals surface area contributed by atoms with Crippen molar-refractivity contribution in [3.05, 3.63) is 69.7 Å². The molecule has 3 N–H and O–H groups in total. The second-order valence-corrected chi connectivity index (χ2v) is 10.1. The van der Waals surface area contributed by atoms with Crippen molar-refractivity contribution in [2.75, 3.05) is 5.73 Å². The number of aliphatic carboxylic acids is 1. The molecular weight excluding hydrogens is 481 g/mol.